The standard InChI is InChI=1S/C17H28N2/c1-4-11-18-17(12-15-7-5-6-8-15)16-10-9-13(2)19-14(16)3/h9-10,15,17-18H,4-8,11-12H2,1-3H3. The largest absolute Gasteiger partial charge is 0.310 e. The second kappa shape index (κ2) is 7.04. The molecule has 19 heavy (non-hydrogen) atoms. The van der Waals surface area contributed by atoms with Gasteiger partial charge in [0.2, 0.25) is 0 Å². The molecule has 1 fully saturated rings. The molecule has 2 heteroatoms. The van der Waals surface area contributed by atoms with Crippen molar-refractivity contribution in [3.63, 3.8) is 0 Å². The average Bonchev–Trinajstić information content (AvgIpc) is 2.88. The zero-order valence-corrected chi connectivity index (χ0v) is 12.7. The van der Waals surface area contributed by atoms with Crippen LogP contribution in [0.3, 0.4) is 0 Å². The molecular weight excluding hydrogens is 232 g/mol. The van der Waals surface area contributed by atoms with Gasteiger partial charge in [0.15, 0.2) is 0 Å². The minimum absolute atomic E-state index is 0.496. The van der Waals surface area contributed by atoms with Gasteiger partial charge >= 0.3 is 0 Å². The molecule has 1 atom stereocenters. The van der Waals surface area contributed by atoms with Gasteiger partial charge in [-0.1, -0.05) is 38.7 Å². The molecule has 0 aromatic carbocycles. The molecule has 1 saturated carbocycles. The van der Waals surface area contributed by atoms with Crippen LogP contribution in [0.5, 0.6) is 0 Å². The van der Waals surface area contributed by atoms with Gasteiger partial charge in [-0.2, -0.15) is 0 Å². The van der Waals surface area contributed by atoms with Crippen molar-refractivity contribution in [3.8, 4) is 0 Å². The summed E-state index contributed by atoms with van der Waals surface area (Å²) in [6.07, 6.45) is 8.17. The summed E-state index contributed by atoms with van der Waals surface area (Å²) < 4.78 is 0. The van der Waals surface area contributed by atoms with Gasteiger partial charge in [-0.05, 0) is 50.8 Å². The topological polar surface area (TPSA) is 24.9 Å². The third kappa shape index (κ3) is 4.04. The molecule has 0 bridgehead atoms. The van der Waals surface area contributed by atoms with Crippen LogP contribution in [0.1, 0.15) is 68.4 Å². The lowest BCUT2D eigenvalue weighted by Crippen LogP contribution is -2.25. The average molecular weight is 260 g/mol. The van der Waals surface area contributed by atoms with Gasteiger partial charge in [-0.15, -0.1) is 0 Å². The summed E-state index contributed by atoms with van der Waals surface area (Å²) in [5.74, 6) is 0.912. The number of nitrogens with zero attached hydrogens (tertiary/aromatic N) is 1. The van der Waals surface area contributed by atoms with E-state index in [1.807, 2.05) is 0 Å². The Bertz CT molecular complexity index is 394. The second-order valence-electron chi connectivity index (χ2n) is 6.02. The lowest BCUT2D eigenvalue weighted by Gasteiger charge is -2.23. The van der Waals surface area contributed by atoms with E-state index in [1.165, 1.54) is 49.8 Å². The number of pyridine rings is 1. The van der Waals surface area contributed by atoms with E-state index < -0.39 is 0 Å². The SMILES string of the molecule is CCCNC(CC1CCCC1)c1ccc(C)nc1C. The van der Waals surface area contributed by atoms with E-state index in [0.29, 0.717) is 6.04 Å². The molecule has 1 aliphatic carbocycles. The fourth-order valence-electron chi connectivity index (χ4n) is 3.28. The Labute approximate surface area is 118 Å². The van der Waals surface area contributed by atoms with Crippen molar-refractivity contribution in [3.05, 3.63) is 29.1 Å². The first-order valence-electron chi connectivity index (χ1n) is 7.88. The summed E-state index contributed by atoms with van der Waals surface area (Å²) in [5.41, 5.74) is 3.73. The molecule has 1 aromatic rings. The van der Waals surface area contributed by atoms with E-state index in [9.17, 15) is 0 Å². The molecule has 0 amide bonds. The molecule has 1 aliphatic rings. The highest BCUT2D eigenvalue weighted by Gasteiger charge is 2.22. The first kappa shape index (κ1) is 14.5. The van der Waals surface area contributed by atoms with Gasteiger partial charge in [0.25, 0.3) is 0 Å². The Kier molecular flexibility index (Phi) is 5.38. The number of hydrogen-bond donors (Lipinski definition) is 1. The van der Waals surface area contributed by atoms with Crippen molar-refractivity contribution in [1.82, 2.24) is 10.3 Å². The van der Waals surface area contributed by atoms with Crippen LogP contribution in [0.2, 0.25) is 0 Å². The monoisotopic (exact) mass is 260 g/mol. The van der Waals surface area contributed by atoms with Crippen LogP contribution in [0, 0.1) is 19.8 Å². The maximum Gasteiger partial charge on any atom is 0.0423 e. The van der Waals surface area contributed by atoms with Crippen LogP contribution in [0.25, 0.3) is 0 Å². The predicted molar refractivity (Wildman–Crippen MR) is 81.3 cm³/mol. The molecule has 1 unspecified atom stereocenters. The molecule has 0 spiro atoms. The number of nitrogens with one attached hydrogen (secondary N) is 1. The number of hydrogen-bond acceptors (Lipinski definition) is 2. The minimum atomic E-state index is 0.496. The fourth-order valence-corrected chi connectivity index (χ4v) is 3.28. The highest BCUT2D eigenvalue weighted by molar-refractivity contribution is 5.25. The van der Waals surface area contributed by atoms with Gasteiger partial charge < -0.3 is 5.32 Å². The predicted octanol–water partition coefficient (Wildman–Crippen LogP) is 4.32. The van der Waals surface area contributed by atoms with Crippen molar-refractivity contribution >= 4 is 0 Å². The van der Waals surface area contributed by atoms with Crippen molar-refractivity contribution in [2.45, 2.75) is 65.3 Å². The molecule has 2 nitrogen and oxygen atoms in total. The summed E-state index contributed by atoms with van der Waals surface area (Å²) >= 11 is 0. The third-order valence-electron chi connectivity index (χ3n) is 4.33. The second-order valence-corrected chi connectivity index (χ2v) is 6.02. The van der Waals surface area contributed by atoms with Crippen molar-refractivity contribution < 1.29 is 0 Å². The van der Waals surface area contributed by atoms with Crippen LogP contribution in [0.15, 0.2) is 12.1 Å². The Hall–Kier alpha value is -0.890. The molecule has 1 N–H and O–H groups in total. The van der Waals surface area contributed by atoms with E-state index in [-0.39, 0.29) is 0 Å². The lowest BCUT2D eigenvalue weighted by atomic mass is 9.92. The minimum Gasteiger partial charge on any atom is -0.310 e. The Balaban J connectivity index is 2.10. The van der Waals surface area contributed by atoms with Gasteiger partial charge in [-0.25, -0.2) is 0 Å². The highest BCUT2D eigenvalue weighted by Crippen LogP contribution is 2.33. The summed E-state index contributed by atoms with van der Waals surface area (Å²) in [7, 11) is 0. The van der Waals surface area contributed by atoms with Crippen molar-refractivity contribution in [2.24, 2.45) is 5.92 Å². The number of rotatable bonds is 6. The van der Waals surface area contributed by atoms with Crippen LogP contribution < -0.4 is 5.32 Å². The van der Waals surface area contributed by atoms with Crippen LogP contribution in [0.4, 0.5) is 0 Å². The van der Waals surface area contributed by atoms with Crippen molar-refractivity contribution in [2.75, 3.05) is 6.54 Å². The van der Waals surface area contributed by atoms with E-state index in [0.717, 1.165) is 18.2 Å². The molecule has 1 aromatic heterocycles. The summed E-state index contributed by atoms with van der Waals surface area (Å²) in [5, 5.41) is 3.73. The van der Waals surface area contributed by atoms with Crippen LogP contribution in [-0.2, 0) is 0 Å². The van der Waals surface area contributed by atoms with E-state index >= 15 is 0 Å². The van der Waals surface area contributed by atoms with E-state index in [2.05, 4.69) is 43.2 Å². The Morgan fingerprint density at radius 3 is 2.63 bits per heavy atom. The molecule has 1 heterocycles. The lowest BCUT2D eigenvalue weighted by molar-refractivity contribution is 0.393. The smallest absolute Gasteiger partial charge is 0.0423 e. The number of aromatic nitrogens is 1. The highest BCUT2D eigenvalue weighted by atomic mass is 14.9. The van der Waals surface area contributed by atoms with Gasteiger partial charge in [-0.3, -0.25) is 4.98 Å². The van der Waals surface area contributed by atoms with Gasteiger partial charge in [0, 0.05) is 17.4 Å². The Morgan fingerprint density at radius 1 is 1.26 bits per heavy atom. The molecular formula is C17H28N2. The molecule has 106 valence electrons. The van der Waals surface area contributed by atoms with Gasteiger partial charge in [0.05, 0.1) is 0 Å². The maximum atomic E-state index is 4.64. The van der Waals surface area contributed by atoms with Crippen LogP contribution >= 0.6 is 0 Å². The third-order valence-corrected chi connectivity index (χ3v) is 4.33. The van der Waals surface area contributed by atoms with Crippen LogP contribution in [-0.4, -0.2) is 11.5 Å². The first-order chi connectivity index (χ1) is 9.20. The summed E-state index contributed by atoms with van der Waals surface area (Å²) in [6.45, 7) is 7.56. The molecule has 2 rings (SSSR count). The van der Waals surface area contributed by atoms with Gasteiger partial charge in [0.1, 0.15) is 0 Å². The summed E-state index contributed by atoms with van der Waals surface area (Å²) in [4.78, 5) is 4.64. The Morgan fingerprint density at radius 2 is 2.00 bits per heavy atom. The van der Waals surface area contributed by atoms with E-state index in [1.54, 1.807) is 0 Å². The normalized spacial score (nSPS) is 17.8. The molecule has 0 radical (unpaired) electrons. The quantitative estimate of drug-likeness (QED) is 0.824. The van der Waals surface area contributed by atoms with E-state index in [4.69, 9.17) is 0 Å². The fraction of sp³-hybridized carbons (Fsp3) is 0.706. The number of aryl methyl sites for hydroxylation is 2. The molecule has 0 saturated heterocycles. The first-order valence-corrected chi connectivity index (χ1v) is 7.88. The summed E-state index contributed by atoms with van der Waals surface area (Å²) in [6, 6.07) is 4.92. The van der Waals surface area contributed by atoms with Crippen molar-refractivity contribution in [1.29, 1.82) is 0 Å². The molecule has 0 aliphatic heterocycles. The zero-order valence-electron chi connectivity index (χ0n) is 12.7. The zero-order chi connectivity index (χ0) is 13.7. The maximum absolute atomic E-state index is 4.64.